The zero-order valence-corrected chi connectivity index (χ0v) is 21.8. The molecular weight excluding hydrogens is 464 g/mol. The van der Waals surface area contributed by atoms with Gasteiger partial charge in [-0.2, -0.15) is 0 Å². The van der Waals surface area contributed by atoms with Gasteiger partial charge < -0.3 is 14.9 Å². The predicted octanol–water partition coefficient (Wildman–Crippen LogP) is 2.76. The van der Waals surface area contributed by atoms with Crippen molar-refractivity contribution in [1.82, 2.24) is 9.80 Å². The number of rotatable bonds is 5. The van der Waals surface area contributed by atoms with Gasteiger partial charge in [0.15, 0.2) is 9.84 Å². The Hall–Kier alpha value is -1.15. The van der Waals surface area contributed by atoms with Crippen LogP contribution >= 0.6 is 0 Å². The van der Waals surface area contributed by atoms with Gasteiger partial charge in [-0.1, -0.05) is 0 Å². The van der Waals surface area contributed by atoms with E-state index in [0.717, 1.165) is 57.8 Å². The van der Waals surface area contributed by atoms with E-state index in [0.29, 0.717) is 62.7 Å². The van der Waals surface area contributed by atoms with Gasteiger partial charge in [-0.15, -0.1) is 0 Å². The molecule has 0 aromatic carbocycles. The van der Waals surface area contributed by atoms with E-state index in [1.807, 2.05) is 4.90 Å². The molecule has 6 fully saturated rings. The molecule has 7 nitrogen and oxygen atoms in total. The molecule has 196 valence electrons. The van der Waals surface area contributed by atoms with E-state index in [4.69, 9.17) is 0 Å². The van der Waals surface area contributed by atoms with Crippen LogP contribution in [0.3, 0.4) is 0 Å². The molecule has 6 rings (SSSR count). The highest BCUT2D eigenvalue weighted by atomic mass is 32.2. The van der Waals surface area contributed by atoms with Crippen molar-refractivity contribution in [1.29, 1.82) is 0 Å². The third-order valence-corrected chi connectivity index (χ3v) is 13.4. The summed E-state index contributed by atoms with van der Waals surface area (Å²) in [6.45, 7) is 2.23. The largest absolute Gasteiger partial charge is 0.380 e. The van der Waals surface area contributed by atoms with Crippen LogP contribution in [0.25, 0.3) is 0 Å². The molecule has 4 unspecified atom stereocenters. The summed E-state index contributed by atoms with van der Waals surface area (Å²) in [7, 11) is -2.89. The van der Waals surface area contributed by atoms with Crippen LogP contribution in [0.5, 0.6) is 0 Å². The van der Waals surface area contributed by atoms with Crippen molar-refractivity contribution in [2.24, 2.45) is 29.6 Å². The second kappa shape index (κ2) is 9.00. The Bertz CT molecular complexity index is 943. The Morgan fingerprint density at radius 2 is 1.31 bits per heavy atom. The molecule has 35 heavy (non-hydrogen) atoms. The Morgan fingerprint density at radius 1 is 0.714 bits per heavy atom. The topological polar surface area (TPSA) is 95.0 Å². The molecule has 0 bridgehead atoms. The van der Waals surface area contributed by atoms with Crippen LogP contribution in [0.2, 0.25) is 0 Å². The monoisotopic (exact) mass is 506 g/mol. The summed E-state index contributed by atoms with van der Waals surface area (Å²) in [6.07, 6.45) is 12.5. The fourth-order valence-corrected chi connectivity index (χ4v) is 10.7. The number of aliphatic hydroxyl groups is 1. The zero-order valence-electron chi connectivity index (χ0n) is 20.9. The molecule has 0 aromatic heterocycles. The van der Waals surface area contributed by atoms with Gasteiger partial charge in [0, 0.05) is 32.1 Å². The Labute approximate surface area is 209 Å². The lowest BCUT2D eigenvalue weighted by atomic mass is 9.66. The fourth-order valence-electron chi connectivity index (χ4n) is 8.07. The minimum Gasteiger partial charge on any atom is -0.380 e. The SMILES string of the molecule is O=C(C1CCC(C2CCC3C(CCC3S(=O)(=O)C3CC3)C2)CC1)N1CCN(C(=O)C2(O)CC2)CC1. The van der Waals surface area contributed by atoms with E-state index in [1.165, 1.54) is 12.8 Å². The van der Waals surface area contributed by atoms with Crippen molar-refractivity contribution < 1.29 is 23.1 Å². The molecule has 0 spiro atoms. The van der Waals surface area contributed by atoms with Crippen LogP contribution in [0.1, 0.15) is 83.5 Å². The summed E-state index contributed by atoms with van der Waals surface area (Å²) < 4.78 is 25.8. The summed E-state index contributed by atoms with van der Waals surface area (Å²) in [5.41, 5.74) is -1.12. The lowest BCUT2D eigenvalue weighted by Gasteiger charge is -2.42. The van der Waals surface area contributed by atoms with Gasteiger partial charge in [-0.25, -0.2) is 8.42 Å². The first-order valence-electron chi connectivity index (χ1n) is 14.3. The van der Waals surface area contributed by atoms with Crippen LogP contribution in [0.4, 0.5) is 0 Å². The average Bonchev–Trinajstić information content (AvgIpc) is 3.81. The summed E-state index contributed by atoms with van der Waals surface area (Å²) in [4.78, 5) is 29.2. The van der Waals surface area contributed by atoms with Gasteiger partial charge in [0.2, 0.25) is 5.91 Å². The first kappa shape index (κ1) is 24.2. The maximum absolute atomic E-state index is 13.2. The van der Waals surface area contributed by atoms with Crippen molar-refractivity contribution in [2.45, 2.75) is 99.6 Å². The summed E-state index contributed by atoms with van der Waals surface area (Å²) in [6, 6.07) is 0. The minimum atomic E-state index is -2.89. The molecule has 5 aliphatic carbocycles. The fraction of sp³-hybridized carbons (Fsp3) is 0.926. The number of hydrogen-bond donors (Lipinski definition) is 1. The maximum atomic E-state index is 13.2. The van der Waals surface area contributed by atoms with Crippen molar-refractivity contribution in [3.8, 4) is 0 Å². The minimum absolute atomic E-state index is 0.0234. The molecule has 6 aliphatic rings. The van der Waals surface area contributed by atoms with E-state index >= 15 is 0 Å². The molecule has 0 radical (unpaired) electrons. The zero-order chi connectivity index (χ0) is 24.4. The predicted molar refractivity (Wildman–Crippen MR) is 132 cm³/mol. The average molecular weight is 507 g/mol. The van der Waals surface area contributed by atoms with Crippen LogP contribution in [-0.4, -0.2) is 77.4 Å². The van der Waals surface area contributed by atoms with Crippen LogP contribution < -0.4 is 0 Å². The lowest BCUT2D eigenvalue weighted by molar-refractivity contribution is -0.148. The van der Waals surface area contributed by atoms with E-state index < -0.39 is 15.4 Å². The third-order valence-electron chi connectivity index (χ3n) is 10.6. The van der Waals surface area contributed by atoms with Crippen LogP contribution in [-0.2, 0) is 19.4 Å². The summed E-state index contributed by atoms with van der Waals surface area (Å²) in [5.74, 6) is 2.61. The van der Waals surface area contributed by atoms with Crippen molar-refractivity contribution in [2.75, 3.05) is 26.2 Å². The Balaban J connectivity index is 0.963. The second-order valence-corrected chi connectivity index (χ2v) is 15.1. The Morgan fingerprint density at radius 3 is 1.94 bits per heavy atom. The van der Waals surface area contributed by atoms with Gasteiger partial charge in [-0.05, 0) is 107 Å². The molecule has 1 N–H and O–H groups in total. The highest BCUT2D eigenvalue weighted by Crippen LogP contribution is 2.52. The molecule has 5 saturated carbocycles. The second-order valence-electron chi connectivity index (χ2n) is 12.7. The molecule has 1 aliphatic heterocycles. The number of piperazine rings is 1. The third kappa shape index (κ3) is 4.55. The smallest absolute Gasteiger partial charge is 0.254 e. The standard InChI is InChI=1S/C27H42N2O5S/c30-25(28-13-15-29(16-14-28)26(31)27(32)11-12-27)19-3-1-18(2-4-19)20-5-9-23-21(17-20)6-10-24(23)35(33,34)22-7-8-22/h18-24,32H,1-17H2. The number of nitrogens with zero attached hydrogens (tertiary/aromatic N) is 2. The highest BCUT2D eigenvalue weighted by Gasteiger charge is 2.52. The number of amides is 2. The number of hydrogen-bond acceptors (Lipinski definition) is 5. The van der Waals surface area contributed by atoms with Crippen molar-refractivity contribution in [3.05, 3.63) is 0 Å². The number of carbonyl (C=O) groups is 2. The van der Waals surface area contributed by atoms with Gasteiger partial charge in [-0.3, -0.25) is 9.59 Å². The molecule has 8 heteroatoms. The molecule has 0 aromatic rings. The van der Waals surface area contributed by atoms with E-state index in [9.17, 15) is 23.1 Å². The van der Waals surface area contributed by atoms with E-state index in [1.54, 1.807) is 4.90 Å². The molecule has 4 atom stereocenters. The maximum Gasteiger partial charge on any atom is 0.254 e. The number of fused-ring (bicyclic) bond motifs is 1. The highest BCUT2D eigenvalue weighted by molar-refractivity contribution is 7.92. The molecular formula is C27H42N2O5S. The number of sulfone groups is 1. The van der Waals surface area contributed by atoms with Gasteiger partial charge >= 0.3 is 0 Å². The van der Waals surface area contributed by atoms with E-state index in [2.05, 4.69) is 0 Å². The quantitative estimate of drug-likeness (QED) is 0.619. The van der Waals surface area contributed by atoms with E-state index in [-0.39, 0.29) is 28.2 Å². The van der Waals surface area contributed by atoms with Gasteiger partial charge in [0.05, 0.1) is 10.5 Å². The van der Waals surface area contributed by atoms with Gasteiger partial charge in [0.25, 0.3) is 5.91 Å². The van der Waals surface area contributed by atoms with Gasteiger partial charge in [0.1, 0.15) is 5.60 Å². The van der Waals surface area contributed by atoms with Crippen molar-refractivity contribution in [3.63, 3.8) is 0 Å². The number of carbonyl (C=O) groups excluding carboxylic acids is 2. The summed E-state index contributed by atoms with van der Waals surface area (Å²) >= 11 is 0. The molecule has 1 heterocycles. The Kier molecular flexibility index (Phi) is 6.22. The first-order valence-corrected chi connectivity index (χ1v) is 15.9. The summed E-state index contributed by atoms with van der Waals surface area (Å²) in [5, 5.41) is 10.0. The molecule has 2 amide bonds. The van der Waals surface area contributed by atoms with Crippen LogP contribution in [0.15, 0.2) is 0 Å². The normalized spacial score (nSPS) is 39.2. The lowest BCUT2D eigenvalue weighted by Crippen LogP contribution is -2.54. The van der Waals surface area contributed by atoms with Crippen LogP contribution in [0, 0.1) is 29.6 Å². The first-order chi connectivity index (χ1) is 16.8. The van der Waals surface area contributed by atoms with Crippen molar-refractivity contribution >= 4 is 21.7 Å². The molecule has 1 saturated heterocycles.